The molecule has 7 aliphatic rings. The van der Waals surface area contributed by atoms with Gasteiger partial charge in [-0.25, -0.2) is 18.1 Å². The van der Waals surface area contributed by atoms with Gasteiger partial charge in [0, 0.05) is 82.1 Å². The van der Waals surface area contributed by atoms with Crippen LogP contribution in [-0.4, -0.2) is 143 Å². The van der Waals surface area contributed by atoms with Crippen molar-refractivity contribution in [1.82, 2.24) is 44.9 Å². The fourth-order valence-electron chi connectivity index (χ4n) is 9.30. The summed E-state index contributed by atoms with van der Waals surface area (Å²) in [6, 6.07) is 5.99. The molecular weight excluding hydrogens is 743 g/mol. The van der Waals surface area contributed by atoms with E-state index in [1.54, 1.807) is 42.7 Å². The van der Waals surface area contributed by atoms with Gasteiger partial charge in [0.2, 0.25) is 17.7 Å². The monoisotopic (exact) mass is 793 g/mol. The van der Waals surface area contributed by atoms with Gasteiger partial charge in [0.15, 0.2) is 9.84 Å². The van der Waals surface area contributed by atoms with Gasteiger partial charge in [-0.2, -0.15) is 0 Å². The number of ether oxygens (including phenoxy) is 1. The van der Waals surface area contributed by atoms with Gasteiger partial charge < -0.3 is 19.9 Å². The number of likely N-dealkylation sites (tertiary alicyclic amines) is 1. The van der Waals surface area contributed by atoms with Crippen molar-refractivity contribution in [3.8, 4) is 0 Å². The van der Waals surface area contributed by atoms with Crippen molar-refractivity contribution in [2.75, 3.05) is 52.6 Å². The summed E-state index contributed by atoms with van der Waals surface area (Å²) in [5, 5.41) is 13.0. The minimum absolute atomic E-state index is 0.00259. The molecule has 0 radical (unpaired) electrons. The third-order valence-electron chi connectivity index (χ3n) is 12.3. The van der Waals surface area contributed by atoms with Gasteiger partial charge in [0.1, 0.15) is 5.69 Å². The van der Waals surface area contributed by atoms with Crippen LogP contribution in [0.5, 0.6) is 0 Å². The van der Waals surface area contributed by atoms with E-state index in [9.17, 15) is 22.8 Å². The van der Waals surface area contributed by atoms with Crippen LogP contribution in [0.15, 0.2) is 35.4 Å². The van der Waals surface area contributed by atoms with E-state index >= 15 is 0 Å². The predicted molar refractivity (Wildman–Crippen MR) is 204 cm³/mol. The van der Waals surface area contributed by atoms with E-state index in [-0.39, 0.29) is 59.1 Å². The molecule has 3 amide bonds. The van der Waals surface area contributed by atoms with Crippen LogP contribution in [0.3, 0.4) is 0 Å². The number of carbonyl (C=O) groups excluding carboxylic acids is 3. The second-order valence-corrected chi connectivity index (χ2v) is 19.2. The maximum absolute atomic E-state index is 14.4. The Kier molecular flexibility index (Phi) is 10.8. The zero-order valence-electron chi connectivity index (χ0n) is 31.8. The summed E-state index contributed by atoms with van der Waals surface area (Å²) in [6.45, 7) is 6.51. The van der Waals surface area contributed by atoms with E-state index in [2.05, 4.69) is 25.4 Å². The van der Waals surface area contributed by atoms with Crippen molar-refractivity contribution in [2.45, 2.75) is 106 Å². The first-order valence-corrected chi connectivity index (χ1v) is 22.2. The van der Waals surface area contributed by atoms with Crippen LogP contribution in [0, 0.1) is 6.92 Å². The molecule has 10 rings (SSSR count). The summed E-state index contributed by atoms with van der Waals surface area (Å²) >= 11 is 1.65. The Morgan fingerprint density at radius 2 is 1.60 bits per heavy atom. The number of methoxy groups -OCH3 is 1. The Balaban J connectivity index is 1.06. The molecule has 0 saturated carbocycles. The van der Waals surface area contributed by atoms with Gasteiger partial charge >= 0.3 is 0 Å². The first-order valence-electron chi connectivity index (χ1n) is 19.4. The number of nitrogens with zero attached hydrogens (tertiary/aromatic N) is 8. The molecule has 0 unspecified atom stereocenters. The Morgan fingerprint density at radius 3 is 2.29 bits per heavy atom. The van der Waals surface area contributed by atoms with Gasteiger partial charge in [-0.1, -0.05) is 17.3 Å². The van der Waals surface area contributed by atoms with Crippen molar-refractivity contribution in [3.63, 3.8) is 0 Å². The van der Waals surface area contributed by atoms with Crippen molar-refractivity contribution in [1.29, 1.82) is 0 Å². The lowest BCUT2D eigenvalue weighted by Crippen LogP contribution is -2.55. The van der Waals surface area contributed by atoms with Crippen LogP contribution < -0.4 is 5.32 Å². The molecule has 4 saturated heterocycles. The number of aryl methyl sites for hydroxylation is 1. The van der Waals surface area contributed by atoms with Crippen LogP contribution >= 0.6 is 11.3 Å². The number of carbonyl (C=O) groups is 3. The van der Waals surface area contributed by atoms with Crippen LogP contribution in [0.25, 0.3) is 0 Å². The van der Waals surface area contributed by atoms with Gasteiger partial charge in [0.25, 0.3) is 0 Å². The zero-order valence-corrected chi connectivity index (χ0v) is 33.4. The summed E-state index contributed by atoms with van der Waals surface area (Å²) in [5.74, 6) is 0.332. The molecule has 3 aromatic rings. The second-order valence-electron chi connectivity index (χ2n) is 16.0. The molecule has 4 fully saturated rings. The maximum Gasteiger partial charge on any atom is 0.240 e. The number of hydrogen-bond donors (Lipinski definition) is 1. The number of sulfone groups is 1. The summed E-state index contributed by atoms with van der Waals surface area (Å²) in [6.07, 6.45) is 7.59. The number of nitrogens with one attached hydrogen (secondary N) is 1. The van der Waals surface area contributed by atoms with E-state index in [1.807, 2.05) is 27.6 Å². The SMILES string of the molecule is COCc1cn([C@H]2C[C@H]3C(=O)N4CCC(CC4)c4nc(c(C)s4)CC(=O)N[C@H]4C[C@@H](C(=O)N5CCC(CC5)N3C2)N(Cc2ccc(S(C)(=O)=O)cc2)C4)nn1. The number of aromatic nitrogens is 4. The topological polar surface area (TPSA) is 163 Å². The molecule has 55 heavy (non-hydrogen) atoms. The summed E-state index contributed by atoms with van der Waals surface area (Å²) in [7, 11) is -1.70. The zero-order chi connectivity index (χ0) is 38.4. The molecule has 0 aliphatic carbocycles. The van der Waals surface area contributed by atoms with Crippen molar-refractivity contribution >= 4 is 38.9 Å². The maximum atomic E-state index is 14.4. The fourth-order valence-corrected chi connectivity index (χ4v) is 11.0. The molecule has 9 heterocycles. The average molecular weight is 794 g/mol. The second kappa shape index (κ2) is 15.6. The standard InChI is InChI=1S/C38H51N9O6S2/c1-24-32-18-35(48)39-27-16-33(45(20-27)19-25-4-6-31(7-5-25)55(3,51)52)37(49)44-14-10-29(11-15-44)46-22-30(47-21-28(23-53-2)41-42-47)17-34(46)38(50)43-12-8-26(9-13-43)36(40-32)54-24/h4-7,21,26-27,29-30,33-34H,8-20,22-23H2,1-3H3,(H,39,48)/t27-,30-,33-,34-/m0/s1. The summed E-state index contributed by atoms with van der Waals surface area (Å²) < 4.78 is 31.4. The fraction of sp³-hybridized carbons (Fsp3) is 0.632. The first-order chi connectivity index (χ1) is 26.4. The average Bonchev–Trinajstić information content (AvgIpc) is 3.98. The van der Waals surface area contributed by atoms with Gasteiger partial charge in [-0.3, -0.25) is 24.2 Å². The summed E-state index contributed by atoms with van der Waals surface area (Å²) in [5.41, 5.74) is 2.44. The third-order valence-corrected chi connectivity index (χ3v) is 14.6. The number of thiazole rings is 1. The first kappa shape index (κ1) is 38.1. The van der Waals surface area contributed by atoms with E-state index in [1.165, 1.54) is 6.26 Å². The molecule has 4 atom stereocenters. The number of hydrogen-bond acceptors (Lipinski definition) is 12. The minimum atomic E-state index is -3.34. The molecule has 8 bridgehead atoms. The molecule has 17 heteroatoms. The predicted octanol–water partition coefficient (Wildman–Crippen LogP) is 1.92. The van der Waals surface area contributed by atoms with Crippen molar-refractivity contribution < 1.29 is 27.5 Å². The molecule has 2 aromatic heterocycles. The normalized spacial score (nSPS) is 28.5. The Bertz CT molecular complexity index is 2000. The number of fused-ring (bicyclic) bond motifs is 2. The van der Waals surface area contributed by atoms with Gasteiger partial charge in [-0.05, 0) is 63.1 Å². The van der Waals surface area contributed by atoms with Crippen LogP contribution in [0.4, 0.5) is 0 Å². The molecular formula is C38H51N9O6S2. The minimum Gasteiger partial charge on any atom is -0.378 e. The number of benzene rings is 1. The lowest BCUT2D eigenvalue weighted by atomic mass is 9.96. The van der Waals surface area contributed by atoms with Crippen LogP contribution in [0.1, 0.15) is 77.3 Å². The van der Waals surface area contributed by atoms with E-state index < -0.39 is 15.9 Å². The Hall–Kier alpha value is -3.77. The van der Waals surface area contributed by atoms with Crippen molar-refractivity contribution in [2.24, 2.45) is 0 Å². The highest BCUT2D eigenvalue weighted by atomic mass is 32.2. The molecule has 7 aliphatic heterocycles. The number of piperidine rings is 2. The highest BCUT2D eigenvalue weighted by molar-refractivity contribution is 7.90. The van der Waals surface area contributed by atoms with E-state index in [4.69, 9.17) is 9.72 Å². The van der Waals surface area contributed by atoms with Gasteiger partial charge in [0.05, 0.1) is 52.9 Å². The van der Waals surface area contributed by atoms with Gasteiger partial charge in [-0.15, -0.1) is 16.4 Å². The lowest BCUT2D eigenvalue weighted by molar-refractivity contribution is -0.141. The summed E-state index contributed by atoms with van der Waals surface area (Å²) in [4.78, 5) is 57.1. The quantitative estimate of drug-likeness (QED) is 0.388. The van der Waals surface area contributed by atoms with E-state index in [0.29, 0.717) is 65.3 Å². The largest absolute Gasteiger partial charge is 0.378 e. The molecule has 15 nitrogen and oxygen atoms in total. The molecule has 1 N–H and O–H groups in total. The highest BCUT2D eigenvalue weighted by Gasteiger charge is 2.46. The van der Waals surface area contributed by atoms with Crippen molar-refractivity contribution in [3.05, 3.63) is 57.3 Å². The lowest BCUT2D eigenvalue weighted by Gasteiger charge is -2.41. The highest BCUT2D eigenvalue weighted by Crippen LogP contribution is 2.37. The smallest absolute Gasteiger partial charge is 0.240 e. The van der Waals surface area contributed by atoms with E-state index in [0.717, 1.165) is 52.5 Å². The van der Waals surface area contributed by atoms with Crippen LogP contribution in [-0.2, 0) is 48.5 Å². The number of rotatable bonds is 6. The molecule has 1 aromatic carbocycles. The Labute approximate surface area is 326 Å². The molecule has 0 spiro atoms. The number of amides is 3. The molecule has 296 valence electrons. The Morgan fingerprint density at radius 1 is 0.909 bits per heavy atom. The van der Waals surface area contributed by atoms with Crippen LogP contribution in [0.2, 0.25) is 0 Å². The third kappa shape index (κ3) is 8.08.